The lowest BCUT2D eigenvalue weighted by molar-refractivity contribution is -0.149. The number of hydrogen-bond acceptors (Lipinski definition) is 3. The van der Waals surface area contributed by atoms with E-state index in [1.807, 2.05) is 6.92 Å². The maximum absolute atomic E-state index is 13.0. The molecule has 5 heteroatoms. The quantitative estimate of drug-likeness (QED) is 0.854. The Morgan fingerprint density at radius 3 is 2.65 bits per heavy atom. The molecule has 0 atom stereocenters. The topological polar surface area (TPSA) is 53.4 Å². The minimum absolute atomic E-state index is 0.362. The van der Waals surface area contributed by atoms with Crippen molar-refractivity contribution in [2.75, 3.05) is 6.54 Å². The van der Waals surface area contributed by atoms with Crippen molar-refractivity contribution in [3.63, 3.8) is 0 Å². The number of carboxylic acids is 1. The fourth-order valence-corrected chi connectivity index (χ4v) is 1.60. The second kappa shape index (κ2) is 5.23. The lowest BCUT2D eigenvalue weighted by Crippen LogP contribution is -2.49. The molecule has 17 heavy (non-hydrogen) atoms. The van der Waals surface area contributed by atoms with E-state index < -0.39 is 17.3 Å². The van der Waals surface area contributed by atoms with Crippen LogP contribution in [0.1, 0.15) is 26.3 Å². The number of hydrogen-bond donors (Lipinski definition) is 1. The summed E-state index contributed by atoms with van der Waals surface area (Å²) in [7, 11) is 0. The number of pyridine rings is 1. The Labute approximate surface area is 100 Å². The van der Waals surface area contributed by atoms with Crippen LogP contribution in [0.25, 0.3) is 0 Å². The molecule has 1 heterocycles. The Balaban J connectivity index is 2.87. The summed E-state index contributed by atoms with van der Waals surface area (Å²) >= 11 is 0. The molecule has 0 saturated carbocycles. The number of carbonyl (C=O) groups is 1. The number of likely N-dealkylation sites (N-methyl/N-ethyl adjacent to an activating group) is 1. The van der Waals surface area contributed by atoms with Gasteiger partial charge in [-0.1, -0.05) is 6.92 Å². The van der Waals surface area contributed by atoms with Crippen LogP contribution in [-0.4, -0.2) is 33.0 Å². The predicted octanol–water partition coefficient (Wildman–Crippen LogP) is 1.91. The molecule has 1 N–H and O–H groups in total. The summed E-state index contributed by atoms with van der Waals surface area (Å²) in [5.41, 5.74) is -0.317. The Morgan fingerprint density at radius 2 is 2.18 bits per heavy atom. The van der Waals surface area contributed by atoms with E-state index in [-0.39, 0.29) is 0 Å². The number of halogens is 1. The summed E-state index contributed by atoms with van der Waals surface area (Å²) in [6.45, 7) is 6.06. The Hall–Kier alpha value is -1.49. The van der Waals surface area contributed by atoms with Gasteiger partial charge in [-0.3, -0.25) is 14.7 Å². The number of nitrogens with zero attached hydrogens (tertiary/aromatic N) is 2. The molecule has 0 bridgehead atoms. The van der Waals surface area contributed by atoms with E-state index in [9.17, 15) is 9.18 Å². The third kappa shape index (κ3) is 3.23. The molecule has 0 aliphatic heterocycles. The summed E-state index contributed by atoms with van der Waals surface area (Å²) in [5, 5.41) is 9.14. The standard InChI is InChI=1S/C12H17FN2O2/c1-4-15(12(2,3)11(16)17)8-9-5-10(13)7-14-6-9/h5-7H,4,8H2,1-3H3,(H,16,17). The van der Waals surface area contributed by atoms with Crippen molar-refractivity contribution < 1.29 is 14.3 Å². The Bertz CT molecular complexity index is 407. The first-order valence-electron chi connectivity index (χ1n) is 5.45. The van der Waals surface area contributed by atoms with Crippen molar-refractivity contribution in [2.24, 2.45) is 0 Å². The van der Waals surface area contributed by atoms with Crippen molar-refractivity contribution in [2.45, 2.75) is 32.9 Å². The van der Waals surface area contributed by atoms with Crippen molar-refractivity contribution in [3.05, 3.63) is 29.8 Å². The zero-order valence-corrected chi connectivity index (χ0v) is 10.3. The third-order valence-corrected chi connectivity index (χ3v) is 2.83. The molecule has 0 aromatic carbocycles. The Kier molecular flexibility index (Phi) is 4.17. The zero-order chi connectivity index (χ0) is 13.1. The van der Waals surface area contributed by atoms with Gasteiger partial charge >= 0.3 is 5.97 Å². The van der Waals surface area contributed by atoms with Crippen LogP contribution in [0.5, 0.6) is 0 Å². The fraction of sp³-hybridized carbons (Fsp3) is 0.500. The van der Waals surface area contributed by atoms with Gasteiger partial charge in [0.05, 0.1) is 6.20 Å². The average molecular weight is 240 g/mol. The van der Waals surface area contributed by atoms with Crippen LogP contribution in [-0.2, 0) is 11.3 Å². The molecule has 1 rings (SSSR count). The molecule has 0 unspecified atom stereocenters. The molecule has 1 aromatic heterocycles. The highest BCUT2D eigenvalue weighted by molar-refractivity contribution is 5.77. The monoisotopic (exact) mass is 240 g/mol. The van der Waals surface area contributed by atoms with Gasteiger partial charge in [-0.25, -0.2) is 4.39 Å². The lowest BCUT2D eigenvalue weighted by Gasteiger charge is -2.34. The first kappa shape index (κ1) is 13.6. The largest absolute Gasteiger partial charge is 0.480 e. The van der Waals surface area contributed by atoms with Crippen molar-refractivity contribution >= 4 is 5.97 Å². The average Bonchev–Trinajstić information content (AvgIpc) is 2.25. The molecule has 0 amide bonds. The molecule has 94 valence electrons. The SMILES string of the molecule is CCN(Cc1cncc(F)c1)C(C)(C)C(=O)O. The highest BCUT2D eigenvalue weighted by Crippen LogP contribution is 2.18. The van der Waals surface area contributed by atoms with Gasteiger partial charge in [0.25, 0.3) is 0 Å². The summed E-state index contributed by atoms with van der Waals surface area (Å²) in [5.74, 6) is -1.31. The zero-order valence-electron chi connectivity index (χ0n) is 10.3. The molecule has 0 spiro atoms. The van der Waals surface area contributed by atoms with Crippen LogP contribution in [0.15, 0.2) is 18.5 Å². The van der Waals surface area contributed by atoms with Gasteiger partial charge in [-0.05, 0) is 32.0 Å². The van der Waals surface area contributed by atoms with Gasteiger partial charge in [-0.15, -0.1) is 0 Å². The number of aliphatic carboxylic acids is 1. The van der Waals surface area contributed by atoms with E-state index in [1.165, 1.54) is 6.07 Å². The molecule has 0 aliphatic carbocycles. The second-order valence-electron chi connectivity index (χ2n) is 4.39. The minimum atomic E-state index is -0.985. The number of aromatic nitrogens is 1. The second-order valence-corrected chi connectivity index (χ2v) is 4.39. The number of rotatable bonds is 5. The third-order valence-electron chi connectivity index (χ3n) is 2.83. The van der Waals surface area contributed by atoms with Crippen LogP contribution < -0.4 is 0 Å². The molecular weight excluding hydrogens is 223 g/mol. The van der Waals surface area contributed by atoms with E-state index in [4.69, 9.17) is 5.11 Å². The summed E-state index contributed by atoms with van der Waals surface area (Å²) in [6.07, 6.45) is 2.67. The van der Waals surface area contributed by atoms with Gasteiger partial charge in [-0.2, -0.15) is 0 Å². The van der Waals surface area contributed by atoms with E-state index in [2.05, 4.69) is 4.98 Å². The smallest absolute Gasteiger partial charge is 0.323 e. The summed E-state index contributed by atoms with van der Waals surface area (Å²) in [4.78, 5) is 16.7. The Morgan fingerprint density at radius 1 is 1.53 bits per heavy atom. The fourth-order valence-electron chi connectivity index (χ4n) is 1.60. The van der Waals surface area contributed by atoms with E-state index in [1.54, 1.807) is 24.9 Å². The molecule has 1 aromatic rings. The van der Waals surface area contributed by atoms with Crippen LogP contribution in [0, 0.1) is 5.82 Å². The highest BCUT2D eigenvalue weighted by Gasteiger charge is 2.33. The maximum Gasteiger partial charge on any atom is 0.323 e. The van der Waals surface area contributed by atoms with Crippen molar-refractivity contribution in [1.82, 2.24) is 9.88 Å². The number of carboxylic acid groups (broad SMARTS) is 1. The highest BCUT2D eigenvalue weighted by atomic mass is 19.1. The van der Waals surface area contributed by atoms with Gasteiger partial charge in [0.1, 0.15) is 11.4 Å². The van der Waals surface area contributed by atoms with Gasteiger partial charge in [0.15, 0.2) is 0 Å². The van der Waals surface area contributed by atoms with E-state index in [0.29, 0.717) is 18.7 Å². The van der Waals surface area contributed by atoms with Gasteiger partial charge < -0.3 is 5.11 Å². The molecule has 4 nitrogen and oxygen atoms in total. The van der Waals surface area contributed by atoms with Crippen LogP contribution in [0.4, 0.5) is 4.39 Å². The molecule has 0 saturated heterocycles. The summed E-state index contributed by atoms with van der Waals surface area (Å²) < 4.78 is 13.0. The maximum atomic E-state index is 13.0. The van der Waals surface area contributed by atoms with Crippen molar-refractivity contribution in [1.29, 1.82) is 0 Å². The van der Waals surface area contributed by atoms with Crippen molar-refractivity contribution in [3.8, 4) is 0 Å². The summed E-state index contributed by atoms with van der Waals surface area (Å²) in [6, 6.07) is 1.37. The predicted molar refractivity (Wildman–Crippen MR) is 62.0 cm³/mol. The van der Waals surface area contributed by atoms with E-state index >= 15 is 0 Å². The van der Waals surface area contributed by atoms with E-state index in [0.717, 1.165) is 6.20 Å². The van der Waals surface area contributed by atoms with Crippen LogP contribution >= 0.6 is 0 Å². The minimum Gasteiger partial charge on any atom is -0.480 e. The van der Waals surface area contributed by atoms with Gasteiger partial charge in [0, 0.05) is 12.7 Å². The van der Waals surface area contributed by atoms with Crippen LogP contribution in [0.2, 0.25) is 0 Å². The van der Waals surface area contributed by atoms with Crippen LogP contribution in [0.3, 0.4) is 0 Å². The molecular formula is C12H17FN2O2. The molecule has 0 fully saturated rings. The molecule has 0 radical (unpaired) electrons. The first-order valence-corrected chi connectivity index (χ1v) is 5.45. The lowest BCUT2D eigenvalue weighted by atomic mass is 10.0. The van der Waals surface area contributed by atoms with Gasteiger partial charge in [0.2, 0.25) is 0 Å². The molecule has 0 aliphatic rings. The first-order chi connectivity index (χ1) is 7.87. The normalized spacial score (nSPS) is 11.8.